The molecule has 0 unspecified atom stereocenters. The third-order valence-electron chi connectivity index (χ3n) is 2.78. The Hall–Kier alpha value is -2.22. The Kier molecular flexibility index (Phi) is 5.26. The Bertz CT molecular complexity index is 657. The molecule has 0 saturated carbocycles. The Labute approximate surface area is 129 Å². The minimum absolute atomic E-state index is 0.0420. The summed E-state index contributed by atoms with van der Waals surface area (Å²) in [6.45, 7) is -3.15. The topological polar surface area (TPSA) is 59.1 Å². The van der Waals surface area contributed by atoms with Gasteiger partial charge in [-0.15, -0.1) is 0 Å². The first-order chi connectivity index (χ1) is 10.5. The van der Waals surface area contributed by atoms with Gasteiger partial charge in [0.25, 0.3) is 0 Å². The van der Waals surface area contributed by atoms with Crippen LogP contribution < -0.4 is 15.4 Å². The molecule has 22 heavy (non-hydrogen) atoms. The summed E-state index contributed by atoms with van der Waals surface area (Å²) in [4.78, 5) is 7.76. The molecule has 9 heteroatoms. The van der Waals surface area contributed by atoms with Crippen LogP contribution in [0.2, 0.25) is 5.15 Å². The first-order valence-corrected chi connectivity index (χ1v) is 6.55. The molecule has 1 aromatic heterocycles. The van der Waals surface area contributed by atoms with Gasteiger partial charge in [0, 0.05) is 19.2 Å². The van der Waals surface area contributed by atoms with E-state index in [1.165, 1.54) is 18.5 Å². The number of anilines is 2. The van der Waals surface area contributed by atoms with Crippen molar-refractivity contribution in [1.82, 2.24) is 9.97 Å². The second-order valence-corrected chi connectivity index (χ2v) is 4.44. The van der Waals surface area contributed by atoms with Gasteiger partial charge in [0.15, 0.2) is 11.0 Å². The molecule has 2 aromatic rings. The number of ether oxygens (including phenoxy) is 1. The molecule has 0 aliphatic rings. The molecule has 0 spiro atoms. The molecule has 1 heterocycles. The number of nitrogens with zero attached hydrogens (tertiary/aromatic N) is 2. The first kappa shape index (κ1) is 16.2. The van der Waals surface area contributed by atoms with Gasteiger partial charge in [0.05, 0.1) is 0 Å². The lowest BCUT2D eigenvalue weighted by atomic mass is 10.2. The highest BCUT2D eigenvalue weighted by molar-refractivity contribution is 6.32. The highest BCUT2D eigenvalue weighted by Gasteiger charge is 2.15. The van der Waals surface area contributed by atoms with Crippen LogP contribution in [0.3, 0.4) is 0 Å². The summed E-state index contributed by atoms with van der Waals surface area (Å²) < 4.78 is 42.8. The molecule has 2 N–H and O–H groups in total. The molecular weight excluding hydrogens is 321 g/mol. The van der Waals surface area contributed by atoms with Crippen LogP contribution in [0.15, 0.2) is 24.5 Å². The average Bonchev–Trinajstić information content (AvgIpc) is 2.46. The number of nitrogens with one attached hydrogen (secondary N) is 2. The molecule has 0 fully saturated rings. The second kappa shape index (κ2) is 7.17. The summed E-state index contributed by atoms with van der Waals surface area (Å²) in [5, 5.41) is 5.79. The molecule has 0 saturated heterocycles. The van der Waals surface area contributed by atoms with Gasteiger partial charge in [-0.05, 0) is 12.1 Å². The summed E-state index contributed by atoms with van der Waals surface area (Å²) in [5.74, 6) is -0.598. The molecule has 0 aliphatic carbocycles. The molecule has 0 aliphatic heterocycles. The minimum Gasteiger partial charge on any atom is -0.434 e. The van der Waals surface area contributed by atoms with Gasteiger partial charge in [-0.25, -0.2) is 14.4 Å². The van der Waals surface area contributed by atoms with Crippen molar-refractivity contribution < 1.29 is 17.9 Å². The maximum Gasteiger partial charge on any atom is 0.387 e. The third-order valence-corrected chi connectivity index (χ3v) is 3.06. The third kappa shape index (κ3) is 3.70. The smallest absolute Gasteiger partial charge is 0.387 e. The van der Waals surface area contributed by atoms with E-state index in [2.05, 4.69) is 25.3 Å². The summed E-state index contributed by atoms with van der Waals surface area (Å²) >= 11 is 5.89. The highest BCUT2D eigenvalue weighted by atomic mass is 35.5. The molecule has 118 valence electrons. The number of aromatic nitrogens is 2. The van der Waals surface area contributed by atoms with Crippen molar-refractivity contribution in [2.75, 3.05) is 17.7 Å². The van der Waals surface area contributed by atoms with Crippen molar-refractivity contribution in [3.8, 4) is 5.75 Å². The van der Waals surface area contributed by atoms with E-state index in [0.29, 0.717) is 11.5 Å². The molecule has 0 bridgehead atoms. The van der Waals surface area contributed by atoms with Gasteiger partial charge in [-0.3, -0.25) is 0 Å². The largest absolute Gasteiger partial charge is 0.434 e. The number of alkyl halides is 2. The quantitative estimate of drug-likeness (QED) is 0.793. The number of benzene rings is 1. The van der Waals surface area contributed by atoms with E-state index in [4.69, 9.17) is 11.6 Å². The van der Waals surface area contributed by atoms with Crippen LogP contribution in [0.4, 0.5) is 24.7 Å². The van der Waals surface area contributed by atoms with Crippen molar-refractivity contribution in [3.05, 3.63) is 41.1 Å². The summed E-state index contributed by atoms with van der Waals surface area (Å²) in [6.07, 6.45) is 1.23. The monoisotopic (exact) mass is 332 g/mol. The predicted octanol–water partition coefficient (Wildman–Crippen LogP) is 3.52. The van der Waals surface area contributed by atoms with Crippen molar-refractivity contribution >= 4 is 23.1 Å². The van der Waals surface area contributed by atoms with E-state index >= 15 is 0 Å². The fraction of sp³-hybridized carbons (Fsp3) is 0.231. The zero-order valence-electron chi connectivity index (χ0n) is 11.4. The lowest BCUT2D eigenvalue weighted by molar-refractivity contribution is -0.0505. The standard InChI is InChI=1S/C13H12ClF3N4O/c1-18-10-11(14)20-6-21-12(10)19-5-7-8(15)3-2-4-9(7)22-13(16)17/h2-4,6,13,18H,5H2,1H3,(H,19,20,21). The lowest BCUT2D eigenvalue weighted by Crippen LogP contribution is -2.10. The van der Waals surface area contributed by atoms with Crippen LogP contribution >= 0.6 is 11.6 Å². The number of halogens is 4. The SMILES string of the molecule is CNc1c(Cl)ncnc1NCc1c(F)cccc1OC(F)F. The van der Waals surface area contributed by atoms with Gasteiger partial charge in [-0.2, -0.15) is 8.78 Å². The number of rotatable bonds is 6. The van der Waals surface area contributed by atoms with Crippen LogP contribution in [-0.4, -0.2) is 23.6 Å². The van der Waals surface area contributed by atoms with E-state index in [1.807, 2.05) is 0 Å². The minimum atomic E-state index is -3.04. The number of hydrogen-bond donors (Lipinski definition) is 2. The molecule has 2 rings (SSSR count). The van der Waals surface area contributed by atoms with E-state index in [-0.39, 0.29) is 23.0 Å². The van der Waals surface area contributed by atoms with Crippen LogP contribution in [0.5, 0.6) is 5.75 Å². The van der Waals surface area contributed by atoms with Gasteiger partial charge in [-0.1, -0.05) is 17.7 Å². The lowest BCUT2D eigenvalue weighted by Gasteiger charge is -2.14. The van der Waals surface area contributed by atoms with Crippen LogP contribution in [0.1, 0.15) is 5.56 Å². The first-order valence-electron chi connectivity index (χ1n) is 6.17. The van der Waals surface area contributed by atoms with Crippen LogP contribution in [-0.2, 0) is 6.54 Å². The Morgan fingerprint density at radius 3 is 2.77 bits per heavy atom. The zero-order valence-corrected chi connectivity index (χ0v) is 12.2. The van der Waals surface area contributed by atoms with Crippen molar-refractivity contribution in [3.63, 3.8) is 0 Å². The molecule has 0 atom stereocenters. The van der Waals surface area contributed by atoms with Gasteiger partial charge in [0.1, 0.15) is 23.6 Å². The zero-order chi connectivity index (χ0) is 16.1. The summed E-state index contributed by atoms with van der Waals surface area (Å²) in [5.41, 5.74) is 0.372. The fourth-order valence-corrected chi connectivity index (χ4v) is 2.04. The molecule has 0 radical (unpaired) electrons. The van der Waals surface area contributed by atoms with Gasteiger partial charge < -0.3 is 15.4 Å². The van der Waals surface area contributed by atoms with Gasteiger partial charge in [0.2, 0.25) is 0 Å². The van der Waals surface area contributed by atoms with Crippen LogP contribution in [0.25, 0.3) is 0 Å². The number of hydrogen-bond acceptors (Lipinski definition) is 5. The van der Waals surface area contributed by atoms with Crippen LogP contribution in [0, 0.1) is 5.82 Å². The Morgan fingerprint density at radius 1 is 1.32 bits per heavy atom. The maximum absolute atomic E-state index is 13.8. The van der Waals surface area contributed by atoms with E-state index in [1.54, 1.807) is 7.05 Å². The molecule has 0 amide bonds. The summed E-state index contributed by atoms with van der Waals surface area (Å²) in [7, 11) is 1.62. The van der Waals surface area contributed by atoms with Crippen molar-refractivity contribution in [2.45, 2.75) is 13.2 Å². The maximum atomic E-state index is 13.8. The van der Waals surface area contributed by atoms with Crippen molar-refractivity contribution in [2.24, 2.45) is 0 Å². The van der Waals surface area contributed by atoms with Gasteiger partial charge >= 0.3 is 6.61 Å². The van der Waals surface area contributed by atoms with E-state index in [0.717, 1.165) is 6.07 Å². The van der Waals surface area contributed by atoms with E-state index in [9.17, 15) is 13.2 Å². The second-order valence-electron chi connectivity index (χ2n) is 4.09. The van der Waals surface area contributed by atoms with Crippen molar-refractivity contribution in [1.29, 1.82) is 0 Å². The Balaban J connectivity index is 2.23. The molecule has 1 aromatic carbocycles. The highest BCUT2D eigenvalue weighted by Crippen LogP contribution is 2.28. The summed E-state index contributed by atoms with van der Waals surface area (Å²) in [6, 6.07) is 3.70. The fourth-order valence-electron chi connectivity index (χ4n) is 1.81. The predicted molar refractivity (Wildman–Crippen MR) is 76.9 cm³/mol. The molecular formula is C13H12ClF3N4O. The average molecular weight is 333 g/mol. The normalized spacial score (nSPS) is 10.6. The molecule has 5 nitrogen and oxygen atoms in total. The van der Waals surface area contributed by atoms with E-state index < -0.39 is 12.4 Å². The Morgan fingerprint density at radius 2 is 2.09 bits per heavy atom.